The Kier molecular flexibility index (Phi) is 5.68. The van der Waals surface area contributed by atoms with E-state index in [1.807, 2.05) is 6.07 Å². The van der Waals surface area contributed by atoms with Crippen LogP contribution >= 0.6 is 0 Å². The highest BCUT2D eigenvalue weighted by Gasteiger charge is 2.26. The lowest BCUT2D eigenvalue weighted by Crippen LogP contribution is -2.43. The summed E-state index contributed by atoms with van der Waals surface area (Å²) in [5.41, 5.74) is 3.77. The zero-order valence-corrected chi connectivity index (χ0v) is 17.0. The first kappa shape index (κ1) is 19.4. The molecule has 2 aliphatic rings. The van der Waals surface area contributed by atoms with E-state index in [2.05, 4.69) is 39.8 Å². The maximum Gasteiger partial charge on any atom is 0.240 e. The van der Waals surface area contributed by atoms with Crippen molar-refractivity contribution < 1.29 is 13.2 Å². The Labute approximate surface area is 167 Å². The molecule has 0 spiro atoms. The van der Waals surface area contributed by atoms with Gasteiger partial charge < -0.3 is 9.64 Å². The van der Waals surface area contributed by atoms with Crippen LogP contribution in [-0.4, -0.2) is 59.8 Å². The Bertz CT molecular complexity index is 912. The van der Waals surface area contributed by atoms with E-state index in [4.69, 9.17) is 4.74 Å². The van der Waals surface area contributed by atoms with Crippen LogP contribution < -0.4 is 9.62 Å². The fourth-order valence-electron chi connectivity index (χ4n) is 4.01. The van der Waals surface area contributed by atoms with Gasteiger partial charge in [0.05, 0.1) is 18.1 Å². The summed E-state index contributed by atoms with van der Waals surface area (Å²) in [5.74, 6) is 0. The zero-order chi connectivity index (χ0) is 19.6. The fraction of sp³-hybridized carbons (Fsp3) is 0.429. The van der Waals surface area contributed by atoms with E-state index < -0.39 is 10.0 Å². The third-order valence-corrected chi connectivity index (χ3v) is 7.06. The van der Waals surface area contributed by atoms with Crippen molar-refractivity contribution in [3.8, 4) is 0 Å². The van der Waals surface area contributed by atoms with E-state index in [0.717, 1.165) is 31.6 Å². The van der Waals surface area contributed by atoms with E-state index in [0.29, 0.717) is 24.7 Å². The van der Waals surface area contributed by atoms with Crippen LogP contribution in [0.3, 0.4) is 0 Å². The molecular formula is C21H27N3O3S. The lowest BCUT2D eigenvalue weighted by molar-refractivity contribution is 0.0172. The largest absolute Gasteiger partial charge is 0.379 e. The summed E-state index contributed by atoms with van der Waals surface area (Å²) in [7, 11) is -1.43. The van der Waals surface area contributed by atoms with Crippen molar-refractivity contribution in [2.75, 3.05) is 51.3 Å². The number of ether oxygens (including phenoxy) is 1. The molecule has 0 bridgehead atoms. The Balaban J connectivity index is 1.58. The molecule has 2 aliphatic heterocycles. The van der Waals surface area contributed by atoms with Gasteiger partial charge in [0.1, 0.15) is 0 Å². The molecule has 0 aromatic heterocycles. The topological polar surface area (TPSA) is 61.9 Å². The summed E-state index contributed by atoms with van der Waals surface area (Å²) in [5, 5.41) is 0. The van der Waals surface area contributed by atoms with E-state index >= 15 is 0 Å². The minimum atomic E-state index is -3.54. The van der Waals surface area contributed by atoms with Gasteiger partial charge in [0.15, 0.2) is 0 Å². The second kappa shape index (κ2) is 8.21. The molecule has 0 aliphatic carbocycles. The highest BCUT2D eigenvalue weighted by atomic mass is 32.2. The summed E-state index contributed by atoms with van der Waals surface area (Å²) in [6, 6.07) is 15.1. The number of rotatable bonds is 6. The Morgan fingerprint density at radius 1 is 1.07 bits per heavy atom. The molecule has 0 saturated carbocycles. The van der Waals surface area contributed by atoms with Crippen LogP contribution in [0, 0.1) is 0 Å². The second-order valence-electron chi connectivity index (χ2n) is 7.39. The Morgan fingerprint density at radius 2 is 1.82 bits per heavy atom. The number of nitrogens with one attached hydrogen (secondary N) is 1. The van der Waals surface area contributed by atoms with Crippen LogP contribution in [0.1, 0.15) is 17.2 Å². The molecule has 7 heteroatoms. The maximum atomic E-state index is 12.7. The zero-order valence-electron chi connectivity index (χ0n) is 16.2. The van der Waals surface area contributed by atoms with Crippen LogP contribution in [0.5, 0.6) is 0 Å². The molecule has 28 heavy (non-hydrogen) atoms. The van der Waals surface area contributed by atoms with Crippen LogP contribution in [-0.2, 0) is 21.2 Å². The molecule has 2 aromatic rings. The summed E-state index contributed by atoms with van der Waals surface area (Å²) in [6.45, 7) is 4.32. The van der Waals surface area contributed by atoms with E-state index in [-0.39, 0.29) is 6.04 Å². The SMILES string of the molecule is CN1CCc2cc([C@H](CNS(=O)(=O)c3ccccc3)N3CCOCC3)ccc21. The number of nitrogens with zero attached hydrogens (tertiary/aromatic N) is 2. The molecule has 0 amide bonds. The number of benzene rings is 2. The molecule has 1 atom stereocenters. The number of hydrogen-bond donors (Lipinski definition) is 1. The number of morpholine rings is 1. The second-order valence-corrected chi connectivity index (χ2v) is 9.16. The first-order chi connectivity index (χ1) is 13.5. The molecule has 150 valence electrons. The summed E-state index contributed by atoms with van der Waals surface area (Å²) in [6.07, 6.45) is 1.03. The van der Waals surface area contributed by atoms with Crippen molar-refractivity contribution in [2.45, 2.75) is 17.4 Å². The molecule has 6 nitrogen and oxygen atoms in total. The number of anilines is 1. The van der Waals surface area contributed by atoms with Crippen molar-refractivity contribution >= 4 is 15.7 Å². The van der Waals surface area contributed by atoms with Gasteiger partial charge in [-0.25, -0.2) is 13.1 Å². The quantitative estimate of drug-likeness (QED) is 0.803. The van der Waals surface area contributed by atoms with Crippen LogP contribution in [0.25, 0.3) is 0 Å². The standard InChI is InChI=1S/C21H27N3O3S/c1-23-10-9-18-15-17(7-8-20(18)23)21(24-11-13-27-14-12-24)16-22-28(25,26)19-5-3-2-4-6-19/h2-8,15,21-22H,9-14,16H2,1H3/t21-/m0/s1. The van der Waals surface area contributed by atoms with E-state index in [9.17, 15) is 8.42 Å². The Morgan fingerprint density at radius 3 is 2.57 bits per heavy atom. The molecule has 0 radical (unpaired) electrons. The lowest BCUT2D eigenvalue weighted by Gasteiger charge is -2.35. The molecule has 2 heterocycles. The van der Waals surface area contributed by atoms with Gasteiger partial charge in [-0.3, -0.25) is 4.90 Å². The molecule has 2 aromatic carbocycles. The maximum absolute atomic E-state index is 12.7. The number of fused-ring (bicyclic) bond motifs is 1. The molecule has 1 saturated heterocycles. The average Bonchev–Trinajstić information content (AvgIpc) is 3.10. The van der Waals surface area contributed by atoms with Crippen molar-refractivity contribution in [3.05, 3.63) is 59.7 Å². The molecule has 1 fully saturated rings. The van der Waals surface area contributed by atoms with Gasteiger partial charge in [0.2, 0.25) is 10.0 Å². The normalized spacial score (nSPS) is 18.8. The van der Waals surface area contributed by atoms with Crippen molar-refractivity contribution in [3.63, 3.8) is 0 Å². The van der Waals surface area contributed by atoms with Gasteiger partial charge in [-0.1, -0.05) is 30.3 Å². The highest BCUT2D eigenvalue weighted by molar-refractivity contribution is 7.89. The number of sulfonamides is 1. The van der Waals surface area contributed by atoms with Gasteiger partial charge in [0.25, 0.3) is 0 Å². The monoisotopic (exact) mass is 401 g/mol. The van der Waals surface area contributed by atoms with Gasteiger partial charge in [0, 0.05) is 45.0 Å². The summed E-state index contributed by atoms with van der Waals surface area (Å²) >= 11 is 0. The van der Waals surface area contributed by atoms with Gasteiger partial charge >= 0.3 is 0 Å². The van der Waals surface area contributed by atoms with Crippen LogP contribution in [0.2, 0.25) is 0 Å². The average molecular weight is 402 g/mol. The van der Waals surface area contributed by atoms with Crippen molar-refractivity contribution in [1.82, 2.24) is 9.62 Å². The Hall–Kier alpha value is -1.93. The smallest absolute Gasteiger partial charge is 0.240 e. The molecule has 0 unspecified atom stereocenters. The number of hydrogen-bond acceptors (Lipinski definition) is 5. The minimum absolute atomic E-state index is 0.0152. The van der Waals surface area contributed by atoms with Crippen molar-refractivity contribution in [2.24, 2.45) is 0 Å². The van der Waals surface area contributed by atoms with Crippen LogP contribution in [0.15, 0.2) is 53.4 Å². The summed E-state index contributed by atoms with van der Waals surface area (Å²) in [4.78, 5) is 4.88. The highest BCUT2D eigenvalue weighted by Crippen LogP contribution is 2.31. The van der Waals surface area contributed by atoms with E-state index in [1.165, 1.54) is 11.3 Å². The van der Waals surface area contributed by atoms with E-state index in [1.54, 1.807) is 24.3 Å². The molecule has 4 rings (SSSR count). The number of likely N-dealkylation sites (N-methyl/N-ethyl adjacent to an activating group) is 1. The predicted molar refractivity (Wildman–Crippen MR) is 110 cm³/mol. The minimum Gasteiger partial charge on any atom is -0.379 e. The summed E-state index contributed by atoms with van der Waals surface area (Å²) < 4.78 is 33.8. The molecular weight excluding hydrogens is 374 g/mol. The lowest BCUT2D eigenvalue weighted by atomic mass is 10.0. The first-order valence-electron chi connectivity index (χ1n) is 9.75. The predicted octanol–water partition coefficient (Wildman–Crippen LogP) is 2.03. The third-order valence-electron chi connectivity index (χ3n) is 5.62. The van der Waals surface area contributed by atoms with Gasteiger partial charge in [-0.2, -0.15) is 0 Å². The first-order valence-corrected chi connectivity index (χ1v) is 11.2. The van der Waals surface area contributed by atoms with Gasteiger partial charge in [-0.05, 0) is 35.7 Å². The van der Waals surface area contributed by atoms with Crippen molar-refractivity contribution in [1.29, 1.82) is 0 Å². The van der Waals surface area contributed by atoms with Crippen LogP contribution in [0.4, 0.5) is 5.69 Å². The fourth-order valence-corrected chi connectivity index (χ4v) is 5.07. The molecule has 1 N–H and O–H groups in total. The van der Waals surface area contributed by atoms with Gasteiger partial charge in [-0.15, -0.1) is 0 Å². The third kappa shape index (κ3) is 4.07.